The molecular formula is C10H10Br2. The average Bonchev–Trinajstić information content (AvgIpc) is 2.05. The fourth-order valence-electron chi connectivity index (χ4n) is 0.912. The number of hydrogen-bond donors (Lipinski definition) is 0. The predicted octanol–water partition coefficient (Wildman–Crippen LogP) is 3.74. The van der Waals surface area contributed by atoms with Crippen LogP contribution in [0.15, 0.2) is 41.2 Å². The summed E-state index contributed by atoms with van der Waals surface area (Å²) in [6.07, 6.45) is 9.37. The van der Waals surface area contributed by atoms with E-state index in [1.54, 1.807) is 0 Å². The Kier molecular flexibility index (Phi) is 4.67. The molecule has 0 heterocycles. The van der Waals surface area contributed by atoms with Crippen LogP contribution in [0.4, 0.5) is 0 Å². The molecule has 0 aromatic carbocycles. The minimum atomic E-state index is 0.873. The third-order valence-electron chi connectivity index (χ3n) is 1.60. The smallest absolute Gasteiger partial charge is 0.0356 e. The Hall–Kier alpha value is -0.0400. The number of halogens is 2. The van der Waals surface area contributed by atoms with Gasteiger partial charge in [0.05, 0.1) is 0 Å². The maximum atomic E-state index is 3.44. The summed E-state index contributed by atoms with van der Waals surface area (Å²) in [5.41, 5.74) is 5.81. The molecule has 0 spiro atoms. The molecule has 0 radical (unpaired) electrons. The lowest BCUT2D eigenvalue weighted by Crippen LogP contribution is -1.84. The monoisotopic (exact) mass is 288 g/mol. The first-order valence-electron chi connectivity index (χ1n) is 3.79. The van der Waals surface area contributed by atoms with E-state index < -0.39 is 0 Å². The molecule has 2 heteroatoms. The van der Waals surface area contributed by atoms with Crippen molar-refractivity contribution in [3.63, 3.8) is 0 Å². The molecule has 0 aromatic heterocycles. The molecule has 0 saturated carbocycles. The normalized spacial score (nSPS) is 16.5. The van der Waals surface area contributed by atoms with Crippen molar-refractivity contribution >= 4 is 31.9 Å². The van der Waals surface area contributed by atoms with Crippen molar-refractivity contribution in [1.29, 1.82) is 0 Å². The van der Waals surface area contributed by atoms with Crippen LogP contribution in [0, 0.1) is 0 Å². The van der Waals surface area contributed by atoms with Crippen LogP contribution in [-0.2, 0) is 0 Å². The van der Waals surface area contributed by atoms with E-state index in [0.29, 0.717) is 0 Å². The standard InChI is InChI=1S/C10H10Br2/c11-7-9-3-1-4-10(8-12)6-2-5-9/h1-4H,5,7-8H2. The summed E-state index contributed by atoms with van der Waals surface area (Å²) in [5.74, 6) is 0. The Morgan fingerprint density at radius 2 is 2.17 bits per heavy atom. The van der Waals surface area contributed by atoms with Crippen molar-refractivity contribution < 1.29 is 0 Å². The molecular weight excluding hydrogens is 280 g/mol. The van der Waals surface area contributed by atoms with E-state index in [4.69, 9.17) is 0 Å². The summed E-state index contributed by atoms with van der Waals surface area (Å²) in [5, 5.41) is 1.82. The zero-order chi connectivity index (χ0) is 8.81. The van der Waals surface area contributed by atoms with E-state index in [-0.39, 0.29) is 0 Å². The largest absolute Gasteiger partial charge is 0.120 e. The summed E-state index contributed by atoms with van der Waals surface area (Å²) in [6.45, 7) is 0. The first-order valence-corrected chi connectivity index (χ1v) is 6.03. The quantitative estimate of drug-likeness (QED) is 0.537. The molecule has 64 valence electrons. The summed E-state index contributed by atoms with van der Waals surface area (Å²) in [7, 11) is 0. The maximum Gasteiger partial charge on any atom is 0.0356 e. The highest BCUT2D eigenvalue weighted by Gasteiger charge is 1.93. The van der Waals surface area contributed by atoms with Crippen LogP contribution in [0.25, 0.3) is 0 Å². The molecule has 0 fully saturated rings. The van der Waals surface area contributed by atoms with Gasteiger partial charge in [0, 0.05) is 16.2 Å². The van der Waals surface area contributed by atoms with E-state index in [2.05, 4.69) is 61.9 Å². The van der Waals surface area contributed by atoms with Crippen molar-refractivity contribution in [1.82, 2.24) is 0 Å². The van der Waals surface area contributed by atoms with Crippen molar-refractivity contribution in [2.24, 2.45) is 0 Å². The van der Waals surface area contributed by atoms with Gasteiger partial charge in [-0.15, -0.1) is 5.73 Å². The van der Waals surface area contributed by atoms with Gasteiger partial charge in [0.1, 0.15) is 0 Å². The van der Waals surface area contributed by atoms with Crippen molar-refractivity contribution in [3.05, 3.63) is 41.2 Å². The molecule has 12 heavy (non-hydrogen) atoms. The van der Waals surface area contributed by atoms with E-state index >= 15 is 0 Å². The minimum absolute atomic E-state index is 0.873. The van der Waals surface area contributed by atoms with Crippen LogP contribution in [-0.4, -0.2) is 10.7 Å². The highest BCUT2D eigenvalue weighted by Crippen LogP contribution is 2.10. The number of allylic oxidation sites excluding steroid dienone is 5. The highest BCUT2D eigenvalue weighted by molar-refractivity contribution is 9.09. The highest BCUT2D eigenvalue weighted by atomic mass is 79.9. The summed E-state index contributed by atoms with van der Waals surface area (Å²) in [6, 6.07) is 0. The molecule has 0 bridgehead atoms. The molecule has 0 aromatic rings. The molecule has 0 nitrogen and oxygen atoms in total. The molecule has 0 atom stereocenters. The second-order valence-electron chi connectivity index (χ2n) is 2.53. The van der Waals surface area contributed by atoms with Gasteiger partial charge in [0.25, 0.3) is 0 Å². The molecule has 0 amide bonds. The van der Waals surface area contributed by atoms with Gasteiger partial charge < -0.3 is 0 Å². The molecule has 0 saturated heterocycles. The molecule has 0 aliphatic heterocycles. The van der Waals surface area contributed by atoms with Crippen LogP contribution in [0.3, 0.4) is 0 Å². The average molecular weight is 290 g/mol. The molecule has 1 aliphatic carbocycles. The predicted molar refractivity (Wildman–Crippen MR) is 61.0 cm³/mol. The van der Waals surface area contributed by atoms with Crippen LogP contribution in [0.5, 0.6) is 0 Å². The third-order valence-corrected chi connectivity index (χ3v) is 2.92. The first-order chi connectivity index (χ1) is 5.86. The van der Waals surface area contributed by atoms with Crippen LogP contribution in [0.1, 0.15) is 6.42 Å². The van der Waals surface area contributed by atoms with Gasteiger partial charge in [-0.1, -0.05) is 55.7 Å². The molecule has 0 unspecified atom stereocenters. The molecule has 0 N–H and O–H groups in total. The summed E-state index contributed by atoms with van der Waals surface area (Å²) in [4.78, 5) is 0. The second-order valence-corrected chi connectivity index (χ2v) is 3.65. The zero-order valence-corrected chi connectivity index (χ0v) is 9.86. The molecule has 1 aliphatic rings. The van der Waals surface area contributed by atoms with Gasteiger partial charge in [-0.3, -0.25) is 0 Å². The lowest BCUT2D eigenvalue weighted by molar-refractivity contribution is 1.22. The van der Waals surface area contributed by atoms with Gasteiger partial charge in [-0.2, -0.15) is 0 Å². The van der Waals surface area contributed by atoms with Crippen LogP contribution in [0.2, 0.25) is 0 Å². The van der Waals surface area contributed by atoms with Crippen molar-refractivity contribution in [2.45, 2.75) is 6.42 Å². The zero-order valence-electron chi connectivity index (χ0n) is 6.69. The Bertz CT molecular complexity index is 266. The van der Waals surface area contributed by atoms with E-state index in [1.807, 2.05) is 0 Å². The van der Waals surface area contributed by atoms with Gasteiger partial charge in [0.15, 0.2) is 0 Å². The summed E-state index contributed by atoms with van der Waals surface area (Å²) < 4.78 is 0. The Morgan fingerprint density at radius 1 is 1.33 bits per heavy atom. The van der Waals surface area contributed by atoms with E-state index in [1.165, 1.54) is 11.1 Å². The third kappa shape index (κ3) is 3.14. The number of alkyl halides is 2. The Labute approximate surface area is 90.0 Å². The lowest BCUT2D eigenvalue weighted by atomic mass is 10.1. The Morgan fingerprint density at radius 3 is 2.83 bits per heavy atom. The fraction of sp³-hybridized carbons (Fsp3) is 0.300. The lowest BCUT2D eigenvalue weighted by Gasteiger charge is -1.98. The molecule has 1 rings (SSSR count). The fourth-order valence-corrected chi connectivity index (χ4v) is 1.68. The van der Waals surface area contributed by atoms with Gasteiger partial charge >= 0.3 is 0 Å². The van der Waals surface area contributed by atoms with Gasteiger partial charge in [0.2, 0.25) is 0 Å². The van der Waals surface area contributed by atoms with E-state index in [9.17, 15) is 0 Å². The number of hydrogen-bond acceptors (Lipinski definition) is 0. The first kappa shape index (κ1) is 10.0. The summed E-state index contributed by atoms with van der Waals surface area (Å²) >= 11 is 6.84. The van der Waals surface area contributed by atoms with Crippen molar-refractivity contribution in [2.75, 3.05) is 10.7 Å². The SMILES string of the molecule is BrCC1=C=CCC(CBr)=CC=C1. The van der Waals surface area contributed by atoms with Crippen LogP contribution < -0.4 is 0 Å². The van der Waals surface area contributed by atoms with E-state index in [0.717, 1.165) is 17.1 Å². The van der Waals surface area contributed by atoms with Crippen LogP contribution >= 0.6 is 31.9 Å². The minimum Gasteiger partial charge on any atom is -0.120 e. The number of rotatable bonds is 2. The van der Waals surface area contributed by atoms with Gasteiger partial charge in [-0.05, 0) is 12.5 Å². The topological polar surface area (TPSA) is 0 Å². The second kappa shape index (κ2) is 5.58. The van der Waals surface area contributed by atoms with Gasteiger partial charge in [-0.25, -0.2) is 0 Å². The maximum absolute atomic E-state index is 3.44. The Balaban J connectivity index is 2.77. The van der Waals surface area contributed by atoms with Crippen molar-refractivity contribution in [3.8, 4) is 0 Å².